The van der Waals surface area contributed by atoms with E-state index in [0.29, 0.717) is 28.0 Å². The molecule has 3 heterocycles. The van der Waals surface area contributed by atoms with Gasteiger partial charge in [-0.25, -0.2) is 22.8 Å². The monoisotopic (exact) mass is 585 g/mol. The molecule has 0 bridgehead atoms. The standard InChI is InChI=1S/C28H27N9O4S/c1-27(2,3)34-42(39,40)24-10-5-4-9-22(24)21-11-12-25(30-16-21)32-26(38)28(17-37-18-31-35-36-37)14-23(33-41-28)20-8-6-7-19(13-20)15-29/h4-13,16,18,34H,14,17H2,1-3H3,(H,30,32,38). The Balaban J connectivity index is 1.39. The topological polar surface area (TPSA) is 177 Å². The number of aromatic nitrogens is 5. The molecule has 214 valence electrons. The molecule has 1 aliphatic rings. The number of nitriles is 1. The Morgan fingerprint density at radius 2 is 1.93 bits per heavy atom. The minimum absolute atomic E-state index is 0.0408. The summed E-state index contributed by atoms with van der Waals surface area (Å²) in [5, 5.41) is 27.3. The number of oxime groups is 1. The highest BCUT2D eigenvalue weighted by Crippen LogP contribution is 2.32. The summed E-state index contributed by atoms with van der Waals surface area (Å²) < 4.78 is 30.2. The molecule has 2 aromatic heterocycles. The molecule has 1 unspecified atom stereocenters. The number of amides is 1. The maximum Gasteiger partial charge on any atom is 0.274 e. The van der Waals surface area contributed by atoms with Crippen molar-refractivity contribution in [2.24, 2.45) is 5.16 Å². The summed E-state index contributed by atoms with van der Waals surface area (Å²) in [5.41, 5.74) is 0.426. The Kier molecular flexibility index (Phi) is 7.55. The van der Waals surface area contributed by atoms with E-state index in [2.05, 4.69) is 41.8 Å². The van der Waals surface area contributed by atoms with Crippen LogP contribution in [-0.4, -0.2) is 56.4 Å². The normalized spacial score (nSPS) is 16.8. The van der Waals surface area contributed by atoms with Crippen molar-refractivity contribution in [3.05, 3.63) is 84.3 Å². The Morgan fingerprint density at radius 1 is 1.12 bits per heavy atom. The number of tetrazole rings is 1. The molecular weight excluding hydrogens is 558 g/mol. The van der Waals surface area contributed by atoms with Crippen LogP contribution in [0, 0.1) is 11.3 Å². The van der Waals surface area contributed by atoms with Gasteiger partial charge in [-0.15, -0.1) is 5.10 Å². The van der Waals surface area contributed by atoms with Crippen molar-refractivity contribution in [3.63, 3.8) is 0 Å². The molecular formula is C28H27N9O4S. The number of carbonyl (C=O) groups is 1. The number of hydrogen-bond donors (Lipinski definition) is 2. The molecule has 1 atom stereocenters. The molecule has 1 aliphatic heterocycles. The largest absolute Gasteiger partial charge is 0.376 e. The minimum Gasteiger partial charge on any atom is -0.376 e. The number of anilines is 1. The molecule has 0 radical (unpaired) electrons. The predicted octanol–water partition coefficient (Wildman–Crippen LogP) is 2.89. The highest BCUT2D eigenvalue weighted by atomic mass is 32.2. The van der Waals surface area contributed by atoms with Crippen LogP contribution < -0.4 is 10.0 Å². The van der Waals surface area contributed by atoms with Gasteiger partial charge in [-0.3, -0.25) is 4.79 Å². The number of nitrogens with one attached hydrogen (secondary N) is 2. The van der Waals surface area contributed by atoms with Crippen LogP contribution in [0.25, 0.3) is 11.1 Å². The van der Waals surface area contributed by atoms with Gasteiger partial charge in [-0.05, 0) is 61.5 Å². The first-order chi connectivity index (χ1) is 20.0. The number of nitrogens with zero attached hydrogens (tertiary/aromatic N) is 7. The van der Waals surface area contributed by atoms with E-state index in [0.717, 1.165) is 0 Å². The van der Waals surface area contributed by atoms with Gasteiger partial charge in [0.15, 0.2) is 0 Å². The zero-order valence-corrected chi connectivity index (χ0v) is 23.8. The van der Waals surface area contributed by atoms with Gasteiger partial charge in [-0.1, -0.05) is 35.5 Å². The van der Waals surface area contributed by atoms with Crippen LogP contribution in [-0.2, 0) is 26.2 Å². The lowest BCUT2D eigenvalue weighted by Crippen LogP contribution is -2.47. The summed E-state index contributed by atoms with van der Waals surface area (Å²) in [6.45, 7) is 5.26. The molecule has 2 aromatic carbocycles. The maximum atomic E-state index is 13.7. The summed E-state index contributed by atoms with van der Waals surface area (Å²) in [7, 11) is -3.82. The molecule has 0 saturated heterocycles. The summed E-state index contributed by atoms with van der Waals surface area (Å²) in [6.07, 6.45) is 2.93. The van der Waals surface area contributed by atoms with E-state index in [9.17, 15) is 18.5 Å². The van der Waals surface area contributed by atoms with Gasteiger partial charge in [0.2, 0.25) is 15.6 Å². The van der Waals surface area contributed by atoms with E-state index in [1.165, 1.54) is 23.3 Å². The van der Waals surface area contributed by atoms with E-state index in [4.69, 9.17) is 4.84 Å². The maximum absolute atomic E-state index is 13.7. The zero-order chi connectivity index (χ0) is 30.0. The number of sulfonamides is 1. The van der Waals surface area contributed by atoms with E-state index in [1.54, 1.807) is 75.4 Å². The highest BCUT2D eigenvalue weighted by molar-refractivity contribution is 7.89. The third-order valence-corrected chi connectivity index (χ3v) is 8.08. The van der Waals surface area contributed by atoms with Crippen LogP contribution in [0.1, 0.15) is 38.3 Å². The van der Waals surface area contributed by atoms with Crippen molar-refractivity contribution in [1.82, 2.24) is 29.9 Å². The average molecular weight is 586 g/mol. The highest BCUT2D eigenvalue weighted by Gasteiger charge is 2.48. The van der Waals surface area contributed by atoms with Crippen LogP contribution in [0.3, 0.4) is 0 Å². The fraction of sp³-hybridized carbons (Fsp3) is 0.250. The summed E-state index contributed by atoms with van der Waals surface area (Å²) >= 11 is 0. The molecule has 4 aromatic rings. The van der Waals surface area contributed by atoms with Gasteiger partial charge < -0.3 is 10.2 Å². The summed E-state index contributed by atoms with van der Waals surface area (Å²) in [4.78, 5) is 23.9. The Labute approximate surface area is 242 Å². The van der Waals surface area contributed by atoms with Crippen molar-refractivity contribution in [3.8, 4) is 17.2 Å². The predicted molar refractivity (Wildman–Crippen MR) is 152 cm³/mol. The van der Waals surface area contributed by atoms with Crippen molar-refractivity contribution in [2.45, 2.75) is 49.8 Å². The van der Waals surface area contributed by atoms with Crippen LogP contribution in [0.15, 0.2) is 83.2 Å². The van der Waals surface area contributed by atoms with Crippen molar-refractivity contribution < 1.29 is 18.0 Å². The second-order valence-corrected chi connectivity index (χ2v) is 12.4. The molecule has 14 heteroatoms. The van der Waals surface area contributed by atoms with Gasteiger partial charge >= 0.3 is 0 Å². The fourth-order valence-corrected chi connectivity index (χ4v) is 6.10. The molecule has 1 amide bonds. The molecule has 0 fully saturated rings. The van der Waals surface area contributed by atoms with Gasteiger partial charge in [-0.2, -0.15) is 5.26 Å². The lowest BCUT2D eigenvalue weighted by molar-refractivity contribution is -0.140. The summed E-state index contributed by atoms with van der Waals surface area (Å²) in [6, 6.07) is 18.8. The number of carbonyl (C=O) groups excluding carboxylic acids is 1. The van der Waals surface area contributed by atoms with E-state index in [-0.39, 0.29) is 23.7 Å². The van der Waals surface area contributed by atoms with E-state index < -0.39 is 27.1 Å². The molecule has 13 nitrogen and oxygen atoms in total. The van der Waals surface area contributed by atoms with Crippen LogP contribution >= 0.6 is 0 Å². The van der Waals surface area contributed by atoms with Crippen molar-refractivity contribution in [2.75, 3.05) is 5.32 Å². The lowest BCUT2D eigenvalue weighted by Gasteiger charge is -2.24. The molecule has 5 rings (SSSR count). The minimum atomic E-state index is -3.82. The first kappa shape index (κ1) is 28.5. The number of rotatable bonds is 8. The van der Waals surface area contributed by atoms with Gasteiger partial charge in [0.1, 0.15) is 12.1 Å². The van der Waals surface area contributed by atoms with Gasteiger partial charge in [0.05, 0.1) is 28.8 Å². The quantitative estimate of drug-likeness (QED) is 0.315. The summed E-state index contributed by atoms with van der Waals surface area (Å²) in [5.74, 6) is -0.317. The molecule has 0 spiro atoms. The van der Waals surface area contributed by atoms with Crippen molar-refractivity contribution >= 4 is 27.5 Å². The molecule has 42 heavy (non-hydrogen) atoms. The number of benzene rings is 2. The van der Waals surface area contributed by atoms with Crippen LogP contribution in [0.2, 0.25) is 0 Å². The Morgan fingerprint density at radius 3 is 2.62 bits per heavy atom. The zero-order valence-electron chi connectivity index (χ0n) is 23.0. The Hall–Kier alpha value is -5.00. The Bertz CT molecular complexity index is 1790. The number of hydrogen-bond acceptors (Lipinski definition) is 10. The molecule has 0 aliphatic carbocycles. The van der Waals surface area contributed by atoms with Crippen LogP contribution in [0.5, 0.6) is 0 Å². The van der Waals surface area contributed by atoms with Gasteiger partial charge in [0.25, 0.3) is 5.91 Å². The van der Waals surface area contributed by atoms with E-state index >= 15 is 0 Å². The van der Waals surface area contributed by atoms with Crippen LogP contribution in [0.4, 0.5) is 5.82 Å². The second-order valence-electron chi connectivity index (χ2n) is 10.7. The first-order valence-corrected chi connectivity index (χ1v) is 14.3. The lowest BCUT2D eigenvalue weighted by atomic mass is 9.92. The third kappa shape index (κ3) is 6.17. The number of pyridine rings is 1. The van der Waals surface area contributed by atoms with Gasteiger partial charge in [0, 0.05) is 34.8 Å². The average Bonchev–Trinajstić information content (AvgIpc) is 3.63. The third-order valence-electron chi connectivity index (χ3n) is 6.26. The second kappa shape index (κ2) is 11.1. The van der Waals surface area contributed by atoms with E-state index in [1.807, 2.05) is 0 Å². The van der Waals surface area contributed by atoms with Crippen molar-refractivity contribution in [1.29, 1.82) is 5.26 Å². The first-order valence-electron chi connectivity index (χ1n) is 12.9. The molecule has 0 saturated carbocycles. The SMILES string of the molecule is CC(C)(C)NS(=O)(=O)c1ccccc1-c1ccc(NC(=O)C2(Cn3cnnn3)CC(c3cccc(C#N)c3)=NO2)nc1. The smallest absolute Gasteiger partial charge is 0.274 e. The fourth-order valence-electron chi connectivity index (χ4n) is 4.45. The molecule has 2 N–H and O–H groups in total.